The SMILES string of the molecule is O=C(NCC(O)c1ccccc1)C1Cc2ccccc2N1. The van der Waals surface area contributed by atoms with Crippen LogP contribution in [0.25, 0.3) is 0 Å². The third-order valence-corrected chi connectivity index (χ3v) is 3.74. The zero-order chi connectivity index (χ0) is 14.7. The zero-order valence-corrected chi connectivity index (χ0v) is 11.6. The Labute approximate surface area is 123 Å². The first kappa shape index (κ1) is 13.6. The Morgan fingerprint density at radius 2 is 1.90 bits per heavy atom. The van der Waals surface area contributed by atoms with Crippen molar-refractivity contribution in [2.24, 2.45) is 0 Å². The fourth-order valence-electron chi connectivity index (χ4n) is 2.57. The van der Waals surface area contributed by atoms with Gasteiger partial charge in [0.25, 0.3) is 0 Å². The lowest BCUT2D eigenvalue weighted by Gasteiger charge is -2.15. The van der Waals surface area contributed by atoms with Gasteiger partial charge in [0.15, 0.2) is 0 Å². The molecule has 2 atom stereocenters. The maximum atomic E-state index is 12.2. The Hall–Kier alpha value is -2.33. The van der Waals surface area contributed by atoms with E-state index in [1.165, 1.54) is 0 Å². The molecular formula is C17H18N2O2. The Morgan fingerprint density at radius 3 is 2.67 bits per heavy atom. The Bertz CT molecular complexity index is 603. The number of benzene rings is 2. The number of carbonyl (C=O) groups is 1. The van der Waals surface area contributed by atoms with Crippen molar-refractivity contribution in [1.82, 2.24) is 5.32 Å². The number of hydrogen-bond donors (Lipinski definition) is 3. The van der Waals surface area contributed by atoms with E-state index in [9.17, 15) is 9.90 Å². The summed E-state index contributed by atoms with van der Waals surface area (Å²) in [6, 6.07) is 17.0. The molecule has 3 N–H and O–H groups in total. The summed E-state index contributed by atoms with van der Waals surface area (Å²) in [7, 11) is 0. The number of nitrogens with one attached hydrogen (secondary N) is 2. The van der Waals surface area contributed by atoms with E-state index in [-0.39, 0.29) is 18.5 Å². The summed E-state index contributed by atoms with van der Waals surface area (Å²) >= 11 is 0. The number of aliphatic hydroxyl groups is 1. The van der Waals surface area contributed by atoms with Gasteiger partial charge in [0.05, 0.1) is 6.10 Å². The molecule has 2 aromatic carbocycles. The highest BCUT2D eigenvalue weighted by Crippen LogP contribution is 2.25. The van der Waals surface area contributed by atoms with Gasteiger partial charge >= 0.3 is 0 Å². The summed E-state index contributed by atoms with van der Waals surface area (Å²) < 4.78 is 0. The third kappa shape index (κ3) is 3.06. The van der Waals surface area contributed by atoms with Crippen LogP contribution < -0.4 is 10.6 Å². The minimum atomic E-state index is -0.682. The summed E-state index contributed by atoms with van der Waals surface area (Å²) in [5.41, 5.74) is 2.97. The van der Waals surface area contributed by atoms with E-state index in [2.05, 4.69) is 10.6 Å². The fourth-order valence-corrected chi connectivity index (χ4v) is 2.57. The van der Waals surface area contributed by atoms with Crippen molar-refractivity contribution < 1.29 is 9.90 Å². The Balaban J connectivity index is 1.54. The first-order chi connectivity index (χ1) is 10.2. The van der Waals surface area contributed by atoms with Crippen LogP contribution in [-0.2, 0) is 11.2 Å². The van der Waals surface area contributed by atoms with Gasteiger partial charge in [-0.1, -0.05) is 48.5 Å². The van der Waals surface area contributed by atoms with Crippen LogP contribution in [0.4, 0.5) is 5.69 Å². The number of anilines is 1. The van der Waals surface area contributed by atoms with Crippen LogP contribution in [0.15, 0.2) is 54.6 Å². The molecule has 2 aromatic rings. The molecule has 1 amide bonds. The van der Waals surface area contributed by atoms with Gasteiger partial charge in [-0.3, -0.25) is 4.79 Å². The maximum absolute atomic E-state index is 12.2. The van der Waals surface area contributed by atoms with Crippen molar-refractivity contribution in [3.8, 4) is 0 Å². The lowest BCUT2D eigenvalue weighted by molar-refractivity contribution is -0.122. The summed E-state index contributed by atoms with van der Waals surface area (Å²) in [6.45, 7) is 0.220. The maximum Gasteiger partial charge on any atom is 0.242 e. The Morgan fingerprint density at radius 1 is 1.19 bits per heavy atom. The smallest absolute Gasteiger partial charge is 0.242 e. The van der Waals surface area contributed by atoms with Crippen molar-refractivity contribution in [3.05, 3.63) is 65.7 Å². The molecule has 0 aromatic heterocycles. The molecule has 3 rings (SSSR count). The van der Waals surface area contributed by atoms with E-state index < -0.39 is 6.10 Å². The number of aliphatic hydroxyl groups excluding tert-OH is 1. The molecule has 1 aliphatic heterocycles. The highest BCUT2D eigenvalue weighted by molar-refractivity contribution is 5.87. The van der Waals surface area contributed by atoms with Gasteiger partial charge in [-0.15, -0.1) is 0 Å². The van der Waals surface area contributed by atoms with Gasteiger partial charge in [0, 0.05) is 18.7 Å². The molecule has 4 nitrogen and oxygen atoms in total. The van der Waals surface area contributed by atoms with E-state index in [0.29, 0.717) is 6.42 Å². The van der Waals surface area contributed by atoms with Crippen LogP contribution >= 0.6 is 0 Å². The van der Waals surface area contributed by atoms with Crippen LogP contribution in [-0.4, -0.2) is 23.6 Å². The lowest BCUT2D eigenvalue weighted by atomic mass is 10.1. The van der Waals surface area contributed by atoms with Crippen LogP contribution in [0.2, 0.25) is 0 Å². The van der Waals surface area contributed by atoms with E-state index >= 15 is 0 Å². The topological polar surface area (TPSA) is 61.4 Å². The van der Waals surface area contributed by atoms with Crippen molar-refractivity contribution in [2.45, 2.75) is 18.6 Å². The highest BCUT2D eigenvalue weighted by atomic mass is 16.3. The van der Waals surface area contributed by atoms with Crippen molar-refractivity contribution in [1.29, 1.82) is 0 Å². The molecule has 0 fully saturated rings. The summed E-state index contributed by atoms with van der Waals surface area (Å²) in [5, 5.41) is 16.1. The van der Waals surface area contributed by atoms with Crippen molar-refractivity contribution in [3.63, 3.8) is 0 Å². The molecule has 0 aliphatic carbocycles. The van der Waals surface area contributed by atoms with E-state index in [1.807, 2.05) is 54.6 Å². The van der Waals surface area contributed by atoms with Gasteiger partial charge in [-0.25, -0.2) is 0 Å². The summed E-state index contributed by atoms with van der Waals surface area (Å²) in [6.07, 6.45) is 0.00242. The quantitative estimate of drug-likeness (QED) is 0.802. The molecular weight excluding hydrogens is 264 g/mol. The van der Waals surface area contributed by atoms with Gasteiger partial charge in [0.2, 0.25) is 5.91 Å². The highest BCUT2D eigenvalue weighted by Gasteiger charge is 2.26. The average Bonchev–Trinajstić information content (AvgIpc) is 2.97. The molecule has 108 valence electrons. The second kappa shape index (κ2) is 5.97. The first-order valence-electron chi connectivity index (χ1n) is 7.09. The molecule has 21 heavy (non-hydrogen) atoms. The number of para-hydroxylation sites is 1. The number of fused-ring (bicyclic) bond motifs is 1. The fraction of sp³-hybridized carbons (Fsp3) is 0.235. The third-order valence-electron chi connectivity index (χ3n) is 3.74. The van der Waals surface area contributed by atoms with Gasteiger partial charge in [0.1, 0.15) is 6.04 Å². The number of hydrogen-bond acceptors (Lipinski definition) is 3. The van der Waals surface area contributed by atoms with E-state index in [1.54, 1.807) is 0 Å². The molecule has 0 bridgehead atoms. The number of rotatable bonds is 4. The first-order valence-corrected chi connectivity index (χ1v) is 7.09. The van der Waals surface area contributed by atoms with Crippen LogP contribution in [0.1, 0.15) is 17.2 Å². The summed E-state index contributed by atoms with van der Waals surface area (Å²) in [4.78, 5) is 12.2. The molecule has 2 unspecified atom stereocenters. The Kier molecular flexibility index (Phi) is 3.88. The second-order valence-corrected chi connectivity index (χ2v) is 5.23. The van der Waals surface area contributed by atoms with Crippen LogP contribution in [0.5, 0.6) is 0 Å². The number of carbonyl (C=O) groups excluding carboxylic acids is 1. The van der Waals surface area contributed by atoms with Gasteiger partial charge in [-0.2, -0.15) is 0 Å². The normalized spacial score (nSPS) is 17.7. The largest absolute Gasteiger partial charge is 0.387 e. The molecule has 0 spiro atoms. The molecule has 0 saturated heterocycles. The van der Waals surface area contributed by atoms with E-state index in [0.717, 1.165) is 16.8 Å². The number of amides is 1. The molecule has 0 radical (unpaired) electrons. The van der Waals surface area contributed by atoms with E-state index in [4.69, 9.17) is 0 Å². The van der Waals surface area contributed by atoms with Gasteiger partial charge in [-0.05, 0) is 17.2 Å². The van der Waals surface area contributed by atoms with Crippen molar-refractivity contribution >= 4 is 11.6 Å². The second-order valence-electron chi connectivity index (χ2n) is 5.23. The lowest BCUT2D eigenvalue weighted by Crippen LogP contribution is -2.40. The minimum Gasteiger partial charge on any atom is -0.387 e. The monoisotopic (exact) mass is 282 g/mol. The zero-order valence-electron chi connectivity index (χ0n) is 11.6. The predicted octanol–water partition coefficient (Wildman–Crippen LogP) is 1.87. The van der Waals surface area contributed by atoms with Crippen LogP contribution in [0.3, 0.4) is 0 Å². The molecule has 0 saturated carbocycles. The molecule has 1 heterocycles. The van der Waals surface area contributed by atoms with Gasteiger partial charge < -0.3 is 15.7 Å². The summed E-state index contributed by atoms with van der Waals surface area (Å²) in [5.74, 6) is -0.0822. The minimum absolute atomic E-state index is 0.0822. The average molecular weight is 282 g/mol. The van der Waals surface area contributed by atoms with Crippen LogP contribution in [0, 0.1) is 0 Å². The van der Waals surface area contributed by atoms with Crippen molar-refractivity contribution in [2.75, 3.05) is 11.9 Å². The predicted molar refractivity (Wildman–Crippen MR) is 82.0 cm³/mol. The molecule has 4 heteroatoms. The standard InChI is InChI=1S/C17H18N2O2/c20-16(12-6-2-1-3-7-12)11-18-17(21)15-10-13-8-4-5-9-14(13)19-15/h1-9,15-16,19-20H,10-11H2,(H,18,21). The molecule has 1 aliphatic rings.